The van der Waals surface area contributed by atoms with E-state index in [9.17, 15) is 9.59 Å². The van der Waals surface area contributed by atoms with Crippen LogP contribution in [0.4, 0.5) is 0 Å². The summed E-state index contributed by atoms with van der Waals surface area (Å²) in [6.45, 7) is 12.4. The molecule has 2 rings (SSSR count). The molecule has 1 heterocycles. The van der Waals surface area contributed by atoms with Crippen LogP contribution in [0.5, 0.6) is 0 Å². The molecule has 0 N–H and O–H groups in total. The van der Waals surface area contributed by atoms with E-state index in [1.807, 2.05) is 50.8 Å². The number of carbonyl (C=O) groups excluding carboxylic acids is 2. The molecule has 0 saturated heterocycles. The Hall–Kier alpha value is -2.24. The molecule has 0 saturated carbocycles. The van der Waals surface area contributed by atoms with Crippen molar-refractivity contribution in [2.24, 2.45) is 11.3 Å². The van der Waals surface area contributed by atoms with Crippen molar-refractivity contribution in [2.45, 2.75) is 60.4 Å². The molecule has 0 bridgehead atoms. The normalized spacial score (nSPS) is 13.1. The van der Waals surface area contributed by atoms with Gasteiger partial charge >= 0.3 is 5.97 Å². The molecular weight excluding hydrogens is 346 g/mol. The molecule has 1 aromatic heterocycles. The summed E-state index contributed by atoms with van der Waals surface area (Å²) in [6.07, 6.45) is 1.07. The molecule has 1 aromatic carbocycles. The fourth-order valence-corrected chi connectivity index (χ4v) is 3.05. The third kappa shape index (κ3) is 5.62. The molecular formula is C21H31NO5. The number of hydrogen-bond acceptors (Lipinski definition) is 5. The number of carbonyl (C=O) groups is 2. The number of amides is 1. The number of nitrogens with zero attached hydrogens (tertiary/aromatic N) is 1. The Morgan fingerprint density at radius 1 is 1.15 bits per heavy atom. The van der Waals surface area contributed by atoms with E-state index in [-0.39, 0.29) is 30.4 Å². The standard InChI is InChI=1S/C21H31NO5/c1-7-22(15(4)10-16-8-9-17-18(11-16)27-26-17)19(23)12-21(5,6)13-25-20(24)14(2)3/h8-9,11,14-15H,7,10,12-13H2,1-6H3. The SMILES string of the molecule is CCN(C(=O)CC(C)(C)COC(=O)C(C)C)C(C)Cc1ccc2ooc2c1. The van der Waals surface area contributed by atoms with Crippen molar-refractivity contribution in [2.75, 3.05) is 13.2 Å². The first-order valence-corrected chi connectivity index (χ1v) is 9.56. The Bertz CT molecular complexity index is 770. The molecule has 1 unspecified atom stereocenters. The topological polar surface area (TPSA) is 72.9 Å². The minimum absolute atomic E-state index is 0.0514. The molecule has 0 fully saturated rings. The van der Waals surface area contributed by atoms with Crippen molar-refractivity contribution < 1.29 is 23.5 Å². The van der Waals surface area contributed by atoms with E-state index < -0.39 is 5.41 Å². The maximum atomic E-state index is 12.9. The molecule has 1 atom stereocenters. The van der Waals surface area contributed by atoms with Crippen molar-refractivity contribution in [1.29, 1.82) is 0 Å². The van der Waals surface area contributed by atoms with E-state index in [0.717, 1.165) is 23.2 Å². The average Bonchev–Trinajstić information content (AvgIpc) is 2.55. The number of benzene rings is 1. The number of esters is 1. The van der Waals surface area contributed by atoms with Gasteiger partial charge in [0.2, 0.25) is 17.1 Å². The van der Waals surface area contributed by atoms with Crippen LogP contribution in [-0.2, 0) is 20.7 Å². The van der Waals surface area contributed by atoms with Gasteiger partial charge in [0.15, 0.2) is 0 Å². The molecule has 0 aliphatic heterocycles. The summed E-state index contributed by atoms with van der Waals surface area (Å²) in [6, 6.07) is 5.87. The summed E-state index contributed by atoms with van der Waals surface area (Å²) in [5, 5.41) is 0. The summed E-state index contributed by atoms with van der Waals surface area (Å²) in [5.41, 5.74) is 2.17. The highest BCUT2D eigenvalue weighted by Gasteiger charge is 2.29. The first-order chi connectivity index (χ1) is 12.6. The highest BCUT2D eigenvalue weighted by atomic mass is 17.0. The van der Waals surface area contributed by atoms with Gasteiger partial charge in [-0.3, -0.25) is 18.7 Å². The van der Waals surface area contributed by atoms with Crippen LogP contribution in [0.3, 0.4) is 0 Å². The van der Waals surface area contributed by atoms with Gasteiger partial charge in [-0.25, -0.2) is 0 Å². The fourth-order valence-electron chi connectivity index (χ4n) is 3.05. The van der Waals surface area contributed by atoms with E-state index in [4.69, 9.17) is 13.9 Å². The lowest BCUT2D eigenvalue weighted by Gasteiger charge is -2.32. The number of rotatable bonds is 9. The lowest BCUT2D eigenvalue weighted by molar-refractivity contribution is -0.152. The minimum atomic E-state index is -0.407. The smallest absolute Gasteiger partial charge is 0.308 e. The molecule has 150 valence electrons. The number of fused-ring (bicyclic) bond motifs is 1. The molecule has 0 spiro atoms. The van der Waals surface area contributed by atoms with Gasteiger partial charge in [-0.2, -0.15) is 0 Å². The van der Waals surface area contributed by atoms with Crippen LogP contribution < -0.4 is 0 Å². The zero-order valence-electron chi connectivity index (χ0n) is 17.2. The first-order valence-electron chi connectivity index (χ1n) is 9.56. The lowest BCUT2D eigenvalue weighted by Crippen LogP contribution is -2.42. The van der Waals surface area contributed by atoms with Gasteiger partial charge in [0.05, 0.1) is 12.5 Å². The van der Waals surface area contributed by atoms with Crippen LogP contribution in [-0.4, -0.2) is 36.0 Å². The first kappa shape index (κ1) is 21.1. The van der Waals surface area contributed by atoms with Gasteiger partial charge in [-0.15, -0.1) is 0 Å². The molecule has 0 aliphatic carbocycles. The molecule has 27 heavy (non-hydrogen) atoms. The Morgan fingerprint density at radius 3 is 2.33 bits per heavy atom. The molecule has 6 heteroatoms. The van der Waals surface area contributed by atoms with Gasteiger partial charge in [0.25, 0.3) is 0 Å². The molecule has 0 aliphatic rings. The maximum Gasteiger partial charge on any atom is 0.308 e. The van der Waals surface area contributed by atoms with Crippen LogP contribution in [0.2, 0.25) is 0 Å². The van der Waals surface area contributed by atoms with Crippen LogP contribution in [0.1, 0.15) is 53.5 Å². The molecule has 2 aromatic rings. The molecule has 6 nitrogen and oxygen atoms in total. The van der Waals surface area contributed by atoms with E-state index in [1.165, 1.54) is 0 Å². The monoisotopic (exact) mass is 377 g/mol. The van der Waals surface area contributed by atoms with Crippen molar-refractivity contribution >= 4 is 23.0 Å². The van der Waals surface area contributed by atoms with E-state index in [0.29, 0.717) is 13.0 Å². The summed E-state index contributed by atoms with van der Waals surface area (Å²) in [5.74, 6) is -0.330. The Balaban J connectivity index is 1.94. The van der Waals surface area contributed by atoms with Crippen LogP contribution in [0, 0.1) is 11.3 Å². The van der Waals surface area contributed by atoms with Crippen LogP contribution in [0.25, 0.3) is 11.2 Å². The van der Waals surface area contributed by atoms with E-state index >= 15 is 0 Å². The van der Waals surface area contributed by atoms with Crippen LogP contribution in [0.15, 0.2) is 27.4 Å². The predicted molar refractivity (Wildman–Crippen MR) is 103 cm³/mol. The van der Waals surface area contributed by atoms with Gasteiger partial charge in [-0.05, 0) is 38.0 Å². The summed E-state index contributed by atoms with van der Waals surface area (Å²) in [4.78, 5) is 26.4. The highest BCUT2D eigenvalue weighted by molar-refractivity contribution is 5.77. The third-order valence-corrected chi connectivity index (χ3v) is 4.66. The minimum Gasteiger partial charge on any atom is -0.465 e. The van der Waals surface area contributed by atoms with E-state index in [2.05, 4.69) is 0 Å². The second-order valence-corrected chi connectivity index (χ2v) is 8.28. The van der Waals surface area contributed by atoms with Gasteiger partial charge in [0.1, 0.15) is 0 Å². The Labute approximate surface area is 160 Å². The second-order valence-electron chi connectivity index (χ2n) is 8.28. The molecule has 0 radical (unpaired) electrons. The van der Waals surface area contributed by atoms with Gasteiger partial charge < -0.3 is 9.64 Å². The summed E-state index contributed by atoms with van der Waals surface area (Å²) >= 11 is 0. The summed E-state index contributed by atoms with van der Waals surface area (Å²) in [7, 11) is 0. The zero-order valence-corrected chi connectivity index (χ0v) is 17.2. The number of likely N-dealkylation sites (N-methyl/N-ethyl adjacent to an activating group) is 1. The van der Waals surface area contributed by atoms with Crippen molar-refractivity contribution in [3.8, 4) is 0 Å². The fraction of sp³-hybridized carbons (Fsp3) is 0.619. The van der Waals surface area contributed by atoms with Crippen molar-refractivity contribution in [3.63, 3.8) is 0 Å². The largest absolute Gasteiger partial charge is 0.465 e. The zero-order chi connectivity index (χ0) is 20.2. The van der Waals surface area contributed by atoms with Gasteiger partial charge in [0, 0.05) is 24.4 Å². The second kappa shape index (κ2) is 8.63. The highest BCUT2D eigenvalue weighted by Crippen LogP contribution is 2.25. The van der Waals surface area contributed by atoms with E-state index in [1.54, 1.807) is 13.8 Å². The van der Waals surface area contributed by atoms with Crippen LogP contribution >= 0.6 is 0 Å². The number of hydrogen-bond donors (Lipinski definition) is 0. The predicted octanol–water partition coefficient (Wildman–Crippen LogP) is 4.42. The maximum absolute atomic E-state index is 12.9. The Kier molecular flexibility index (Phi) is 6.73. The van der Waals surface area contributed by atoms with Crippen molar-refractivity contribution in [1.82, 2.24) is 4.90 Å². The lowest BCUT2D eigenvalue weighted by atomic mass is 9.89. The Morgan fingerprint density at radius 2 is 1.81 bits per heavy atom. The van der Waals surface area contributed by atoms with Gasteiger partial charge in [-0.1, -0.05) is 33.8 Å². The quantitative estimate of drug-likeness (QED) is 0.478. The number of ether oxygens (including phenoxy) is 1. The average molecular weight is 377 g/mol. The third-order valence-electron chi connectivity index (χ3n) is 4.66. The molecule has 1 amide bonds. The van der Waals surface area contributed by atoms with Crippen molar-refractivity contribution in [3.05, 3.63) is 23.8 Å². The summed E-state index contributed by atoms with van der Waals surface area (Å²) < 4.78 is 15.1.